The van der Waals surface area contributed by atoms with E-state index in [1.54, 1.807) is 27.7 Å². The predicted octanol–water partition coefficient (Wildman–Crippen LogP) is 1.48. The van der Waals surface area contributed by atoms with E-state index in [0.29, 0.717) is 18.8 Å². The van der Waals surface area contributed by atoms with Crippen molar-refractivity contribution in [2.75, 3.05) is 5.73 Å². The van der Waals surface area contributed by atoms with Crippen molar-refractivity contribution in [3.05, 3.63) is 59.1 Å². The fourth-order valence-corrected chi connectivity index (χ4v) is 2.18. The van der Waals surface area contributed by atoms with Crippen LogP contribution in [-0.4, -0.2) is 14.3 Å². The highest BCUT2D eigenvalue weighted by Crippen LogP contribution is 2.11. The highest BCUT2D eigenvalue weighted by molar-refractivity contribution is 5.78. The van der Waals surface area contributed by atoms with Gasteiger partial charge in [-0.1, -0.05) is 18.2 Å². The van der Waals surface area contributed by atoms with E-state index < -0.39 is 0 Å². The molecule has 0 saturated heterocycles. The third-order valence-corrected chi connectivity index (χ3v) is 3.10. The molecule has 0 amide bonds. The lowest BCUT2D eigenvalue weighted by atomic mass is 10.2. The molecule has 3 rings (SSSR count). The predicted molar refractivity (Wildman–Crippen MR) is 74.8 cm³/mol. The highest BCUT2D eigenvalue weighted by Gasteiger charge is 2.03. The van der Waals surface area contributed by atoms with Crippen molar-refractivity contribution in [2.45, 2.75) is 13.1 Å². The summed E-state index contributed by atoms with van der Waals surface area (Å²) in [5, 5.41) is 5.17. The minimum Gasteiger partial charge on any atom is -0.396 e. The van der Waals surface area contributed by atoms with Gasteiger partial charge < -0.3 is 10.3 Å². The molecule has 5 heteroatoms. The van der Waals surface area contributed by atoms with Crippen LogP contribution < -0.4 is 11.3 Å². The Morgan fingerprint density at radius 3 is 2.74 bits per heavy atom. The Hall–Kier alpha value is -2.56. The summed E-state index contributed by atoms with van der Waals surface area (Å²) in [7, 11) is 0. The van der Waals surface area contributed by atoms with Gasteiger partial charge in [0, 0.05) is 18.8 Å². The van der Waals surface area contributed by atoms with E-state index in [4.69, 9.17) is 5.73 Å². The van der Waals surface area contributed by atoms with E-state index in [-0.39, 0.29) is 5.56 Å². The molecule has 0 aliphatic carbocycles. The number of nitrogens with zero attached hydrogens (tertiary/aromatic N) is 3. The minimum atomic E-state index is -0.00109. The first kappa shape index (κ1) is 11.5. The van der Waals surface area contributed by atoms with Crippen LogP contribution in [0.4, 0.5) is 5.69 Å². The Bertz CT molecular complexity index is 772. The van der Waals surface area contributed by atoms with Gasteiger partial charge in [-0.05, 0) is 17.5 Å². The smallest absolute Gasteiger partial charge is 0.251 e. The van der Waals surface area contributed by atoms with Crippen molar-refractivity contribution in [2.24, 2.45) is 0 Å². The lowest BCUT2D eigenvalue weighted by Gasteiger charge is -2.09. The van der Waals surface area contributed by atoms with Crippen molar-refractivity contribution < 1.29 is 0 Å². The maximum atomic E-state index is 12.0. The summed E-state index contributed by atoms with van der Waals surface area (Å²) in [4.78, 5) is 12.0. The van der Waals surface area contributed by atoms with Crippen LogP contribution in [0.1, 0.15) is 0 Å². The number of hydrogen-bond acceptors (Lipinski definition) is 3. The van der Waals surface area contributed by atoms with Gasteiger partial charge in [-0.25, -0.2) is 0 Å². The largest absolute Gasteiger partial charge is 0.396 e. The third kappa shape index (κ3) is 2.22. The molecule has 0 atom stereocenters. The molecule has 0 spiro atoms. The Balaban J connectivity index is 1.96. The van der Waals surface area contributed by atoms with E-state index in [1.165, 1.54) is 0 Å². The molecule has 96 valence electrons. The van der Waals surface area contributed by atoms with Crippen LogP contribution in [0, 0.1) is 0 Å². The molecule has 2 N–H and O–H groups in total. The summed E-state index contributed by atoms with van der Waals surface area (Å²) in [5.74, 6) is 0. The molecule has 0 aliphatic heterocycles. The number of fused-ring (bicyclic) bond motifs is 1. The van der Waals surface area contributed by atoms with Gasteiger partial charge in [-0.2, -0.15) is 5.10 Å². The molecule has 0 radical (unpaired) electrons. The van der Waals surface area contributed by atoms with Gasteiger partial charge in [0.05, 0.1) is 23.9 Å². The van der Waals surface area contributed by atoms with Crippen LogP contribution in [0.5, 0.6) is 0 Å². The fraction of sp³-hybridized carbons (Fsp3) is 0.143. The van der Waals surface area contributed by atoms with E-state index in [0.717, 1.165) is 10.9 Å². The summed E-state index contributed by atoms with van der Waals surface area (Å²) >= 11 is 0. The summed E-state index contributed by atoms with van der Waals surface area (Å²) in [6, 6.07) is 11.3. The minimum absolute atomic E-state index is 0.00109. The molecule has 0 aliphatic rings. The van der Waals surface area contributed by atoms with Crippen molar-refractivity contribution in [3.63, 3.8) is 0 Å². The topological polar surface area (TPSA) is 65.8 Å². The average molecular weight is 254 g/mol. The molecule has 3 aromatic rings. The Morgan fingerprint density at radius 2 is 1.95 bits per heavy atom. The highest BCUT2D eigenvalue weighted by atomic mass is 16.1. The second-order valence-corrected chi connectivity index (χ2v) is 4.42. The zero-order valence-corrected chi connectivity index (χ0v) is 10.4. The zero-order chi connectivity index (χ0) is 13.2. The first-order valence-electron chi connectivity index (χ1n) is 6.10. The molecular weight excluding hydrogens is 240 g/mol. The molecule has 0 bridgehead atoms. The van der Waals surface area contributed by atoms with Crippen LogP contribution in [0.15, 0.2) is 53.6 Å². The molecule has 1 aromatic carbocycles. The first-order valence-corrected chi connectivity index (χ1v) is 6.10. The third-order valence-electron chi connectivity index (χ3n) is 3.10. The van der Waals surface area contributed by atoms with Crippen molar-refractivity contribution >= 4 is 16.6 Å². The number of nitrogens with two attached hydrogens (primary N) is 1. The summed E-state index contributed by atoms with van der Waals surface area (Å²) in [6.45, 7) is 1.19. The average Bonchev–Trinajstić information content (AvgIpc) is 2.83. The van der Waals surface area contributed by atoms with E-state index >= 15 is 0 Å². The molecule has 0 saturated carbocycles. The van der Waals surface area contributed by atoms with Crippen LogP contribution in [0.3, 0.4) is 0 Å². The molecule has 5 nitrogen and oxygen atoms in total. The molecule has 19 heavy (non-hydrogen) atoms. The second kappa shape index (κ2) is 4.61. The fourth-order valence-electron chi connectivity index (χ4n) is 2.18. The SMILES string of the molecule is Nc1cnn(CCn2c(=O)ccc3ccccc32)c1. The number of rotatable bonds is 3. The van der Waals surface area contributed by atoms with Crippen LogP contribution in [0.2, 0.25) is 0 Å². The van der Waals surface area contributed by atoms with Crippen LogP contribution in [0.25, 0.3) is 10.9 Å². The van der Waals surface area contributed by atoms with E-state index in [2.05, 4.69) is 5.10 Å². The lowest BCUT2D eigenvalue weighted by molar-refractivity contribution is 0.534. The van der Waals surface area contributed by atoms with Gasteiger partial charge in [0.1, 0.15) is 0 Å². The maximum Gasteiger partial charge on any atom is 0.251 e. The second-order valence-electron chi connectivity index (χ2n) is 4.42. The molecular formula is C14H14N4O. The van der Waals surface area contributed by atoms with Gasteiger partial charge in [0.2, 0.25) is 0 Å². The van der Waals surface area contributed by atoms with Gasteiger partial charge in [0.15, 0.2) is 0 Å². The summed E-state index contributed by atoms with van der Waals surface area (Å²) < 4.78 is 3.50. The molecule has 0 fully saturated rings. The van der Waals surface area contributed by atoms with E-state index in [1.807, 2.05) is 30.3 Å². The maximum absolute atomic E-state index is 12.0. The zero-order valence-electron chi connectivity index (χ0n) is 10.4. The summed E-state index contributed by atoms with van der Waals surface area (Å²) in [6.07, 6.45) is 3.36. The van der Waals surface area contributed by atoms with Gasteiger partial charge >= 0.3 is 0 Å². The molecule has 2 heterocycles. The number of benzene rings is 1. The number of para-hydroxylation sites is 1. The summed E-state index contributed by atoms with van der Waals surface area (Å²) in [5.41, 5.74) is 7.18. The number of aromatic nitrogens is 3. The standard InChI is InChI=1S/C14H14N4O/c15-12-9-16-17(10-12)7-8-18-13-4-2-1-3-11(13)5-6-14(18)19/h1-6,9-10H,7-8,15H2. The number of aryl methyl sites for hydroxylation is 2. The Morgan fingerprint density at radius 1 is 1.11 bits per heavy atom. The van der Waals surface area contributed by atoms with Gasteiger partial charge in [-0.3, -0.25) is 9.48 Å². The Kier molecular flexibility index (Phi) is 2.79. The van der Waals surface area contributed by atoms with Crippen molar-refractivity contribution in [3.8, 4) is 0 Å². The lowest BCUT2D eigenvalue weighted by Crippen LogP contribution is -2.22. The van der Waals surface area contributed by atoms with Crippen LogP contribution in [-0.2, 0) is 13.1 Å². The number of nitrogen functional groups attached to an aromatic ring is 1. The van der Waals surface area contributed by atoms with Gasteiger partial charge in [0.25, 0.3) is 5.56 Å². The van der Waals surface area contributed by atoms with E-state index in [9.17, 15) is 4.79 Å². The first-order chi connectivity index (χ1) is 9.24. The number of hydrogen-bond donors (Lipinski definition) is 1. The molecule has 2 aromatic heterocycles. The van der Waals surface area contributed by atoms with Crippen molar-refractivity contribution in [1.29, 1.82) is 0 Å². The van der Waals surface area contributed by atoms with Gasteiger partial charge in [-0.15, -0.1) is 0 Å². The number of pyridine rings is 1. The normalized spacial score (nSPS) is 10.9. The van der Waals surface area contributed by atoms with Crippen molar-refractivity contribution in [1.82, 2.24) is 14.3 Å². The molecule has 0 unspecified atom stereocenters. The quantitative estimate of drug-likeness (QED) is 0.770. The number of anilines is 1. The monoisotopic (exact) mass is 254 g/mol. The Labute approximate surface area is 109 Å². The van der Waals surface area contributed by atoms with Crippen LogP contribution >= 0.6 is 0 Å².